The Balaban J connectivity index is 2.46. The number of rotatable bonds is 5. The first kappa shape index (κ1) is 16.4. The average Bonchev–Trinajstić information content (AvgIpc) is 2.41. The Morgan fingerprint density at radius 3 is 2.53 bits per heavy atom. The number of aliphatic hydroxyl groups excluding tert-OH is 3. The highest BCUT2D eigenvalue weighted by Gasteiger charge is 2.43. The van der Waals surface area contributed by atoms with Gasteiger partial charge in [0, 0.05) is 26.1 Å². The van der Waals surface area contributed by atoms with Crippen LogP contribution in [0.25, 0.3) is 0 Å². The Morgan fingerprint density at radius 2 is 1.95 bits per heavy atom. The third kappa shape index (κ3) is 4.44. The number of aliphatic hydroxyl groups is 3. The highest BCUT2D eigenvalue weighted by atomic mass is 35.5. The van der Waals surface area contributed by atoms with Gasteiger partial charge < -0.3 is 35.4 Å². The molecule has 112 valence electrons. The van der Waals surface area contributed by atoms with Crippen molar-refractivity contribution < 1.29 is 29.6 Å². The summed E-state index contributed by atoms with van der Waals surface area (Å²) in [6.07, 6.45) is -6.02. The van der Waals surface area contributed by atoms with Gasteiger partial charge in [-0.25, -0.2) is 4.79 Å². The molecular formula is C10H19ClN2O6. The number of carbonyl (C=O) groups is 1. The maximum Gasteiger partial charge on any atom is 0.314 e. The zero-order valence-corrected chi connectivity index (χ0v) is 11.2. The monoisotopic (exact) mass is 298 g/mol. The summed E-state index contributed by atoms with van der Waals surface area (Å²) in [4.78, 5) is 11.3. The van der Waals surface area contributed by atoms with E-state index in [1.54, 1.807) is 0 Å². The molecule has 9 heteroatoms. The summed E-state index contributed by atoms with van der Waals surface area (Å²) in [5, 5.41) is 33.8. The summed E-state index contributed by atoms with van der Waals surface area (Å²) in [7, 11) is 1.30. The molecule has 0 aliphatic carbocycles. The van der Waals surface area contributed by atoms with Gasteiger partial charge in [0.05, 0.1) is 0 Å². The number of amides is 2. The van der Waals surface area contributed by atoms with E-state index >= 15 is 0 Å². The zero-order chi connectivity index (χ0) is 14.4. The fourth-order valence-electron chi connectivity index (χ4n) is 1.70. The number of halogens is 1. The molecule has 0 bridgehead atoms. The van der Waals surface area contributed by atoms with Crippen LogP contribution in [0.1, 0.15) is 0 Å². The summed E-state index contributed by atoms with van der Waals surface area (Å²) in [5.41, 5.74) is 0. The number of alkyl halides is 1. The van der Waals surface area contributed by atoms with E-state index in [0.29, 0.717) is 6.54 Å². The van der Waals surface area contributed by atoms with Crippen LogP contribution in [0.4, 0.5) is 4.79 Å². The molecule has 5 N–H and O–H groups in total. The van der Waals surface area contributed by atoms with Gasteiger partial charge >= 0.3 is 6.03 Å². The third-order valence-corrected chi connectivity index (χ3v) is 2.93. The average molecular weight is 299 g/mol. The van der Waals surface area contributed by atoms with E-state index in [0.717, 1.165) is 0 Å². The first-order valence-corrected chi connectivity index (χ1v) is 6.34. The van der Waals surface area contributed by atoms with Crippen LogP contribution in [0.3, 0.4) is 0 Å². The number of hydrogen-bond acceptors (Lipinski definition) is 6. The van der Waals surface area contributed by atoms with Gasteiger partial charge in [0.15, 0.2) is 6.29 Å². The number of ether oxygens (including phenoxy) is 2. The standard InChI is InChI=1S/C10H19ClN2O6/c1-18-9-8(16)7(15)6(14)5(19-9)4-13-10(17)12-3-2-11/h5-9,14-16H,2-4H2,1H3,(H2,12,13,17). The second-order valence-corrected chi connectivity index (χ2v) is 4.45. The van der Waals surface area contributed by atoms with E-state index in [1.807, 2.05) is 0 Å². The Bertz CT molecular complexity index is 293. The molecule has 1 rings (SSSR count). The quantitative estimate of drug-likeness (QED) is 0.374. The normalized spacial score (nSPS) is 34.9. The van der Waals surface area contributed by atoms with E-state index in [-0.39, 0.29) is 12.4 Å². The lowest BCUT2D eigenvalue weighted by atomic mass is 9.99. The van der Waals surface area contributed by atoms with Crippen LogP contribution in [-0.4, -0.2) is 78.1 Å². The van der Waals surface area contributed by atoms with Gasteiger partial charge in [0.1, 0.15) is 24.4 Å². The molecule has 8 nitrogen and oxygen atoms in total. The molecule has 5 atom stereocenters. The molecule has 0 saturated carbocycles. The van der Waals surface area contributed by atoms with Crippen molar-refractivity contribution in [2.24, 2.45) is 0 Å². The number of urea groups is 1. The SMILES string of the molecule is COC1OC(CNC(=O)NCCCl)C(O)C(O)C1O. The van der Waals surface area contributed by atoms with Crippen LogP contribution < -0.4 is 10.6 Å². The van der Waals surface area contributed by atoms with E-state index in [9.17, 15) is 20.1 Å². The smallest absolute Gasteiger partial charge is 0.314 e. The van der Waals surface area contributed by atoms with E-state index < -0.39 is 36.7 Å². The molecule has 0 radical (unpaired) electrons. The molecule has 0 aromatic heterocycles. The van der Waals surface area contributed by atoms with Crippen molar-refractivity contribution in [3.05, 3.63) is 0 Å². The Morgan fingerprint density at radius 1 is 1.26 bits per heavy atom. The topological polar surface area (TPSA) is 120 Å². The highest BCUT2D eigenvalue weighted by Crippen LogP contribution is 2.21. The van der Waals surface area contributed by atoms with Crippen molar-refractivity contribution in [1.82, 2.24) is 10.6 Å². The maximum absolute atomic E-state index is 11.3. The minimum atomic E-state index is -1.41. The van der Waals surface area contributed by atoms with Crippen molar-refractivity contribution >= 4 is 17.6 Å². The van der Waals surface area contributed by atoms with Crippen LogP contribution in [0, 0.1) is 0 Å². The first-order chi connectivity index (χ1) is 9.01. The summed E-state index contributed by atoms with van der Waals surface area (Å²) in [5.74, 6) is 0.284. The van der Waals surface area contributed by atoms with Crippen LogP contribution in [0.2, 0.25) is 0 Å². The summed E-state index contributed by atoms with van der Waals surface area (Å²) in [6.45, 7) is 0.266. The molecule has 1 fully saturated rings. The predicted octanol–water partition coefficient (Wildman–Crippen LogP) is -2.02. The second kappa shape index (κ2) is 7.83. The molecule has 1 aliphatic rings. The van der Waals surface area contributed by atoms with Gasteiger partial charge in [0.2, 0.25) is 0 Å². The molecule has 19 heavy (non-hydrogen) atoms. The largest absolute Gasteiger partial charge is 0.388 e. The number of methoxy groups -OCH3 is 1. The highest BCUT2D eigenvalue weighted by molar-refractivity contribution is 6.18. The summed E-state index contributed by atoms with van der Waals surface area (Å²) >= 11 is 5.41. The van der Waals surface area contributed by atoms with Gasteiger partial charge in [-0.1, -0.05) is 0 Å². The number of carbonyl (C=O) groups excluding carboxylic acids is 1. The van der Waals surface area contributed by atoms with Gasteiger partial charge in [-0.15, -0.1) is 11.6 Å². The lowest BCUT2D eigenvalue weighted by Crippen LogP contribution is -2.60. The lowest BCUT2D eigenvalue weighted by molar-refractivity contribution is -0.288. The van der Waals surface area contributed by atoms with Crippen LogP contribution in [0.5, 0.6) is 0 Å². The molecule has 5 unspecified atom stereocenters. The molecule has 0 spiro atoms. The predicted molar refractivity (Wildman–Crippen MR) is 65.8 cm³/mol. The van der Waals surface area contributed by atoms with Gasteiger partial charge in [0.25, 0.3) is 0 Å². The van der Waals surface area contributed by atoms with Crippen molar-refractivity contribution in [3.63, 3.8) is 0 Å². The number of nitrogens with one attached hydrogen (secondary N) is 2. The van der Waals surface area contributed by atoms with Crippen LogP contribution in [0.15, 0.2) is 0 Å². The molecule has 0 aromatic carbocycles. The molecule has 1 saturated heterocycles. The number of hydrogen-bond donors (Lipinski definition) is 5. The Labute approximate surface area is 115 Å². The molecule has 2 amide bonds. The zero-order valence-electron chi connectivity index (χ0n) is 10.5. The van der Waals surface area contributed by atoms with Crippen molar-refractivity contribution in [2.45, 2.75) is 30.7 Å². The van der Waals surface area contributed by atoms with Gasteiger partial charge in [-0.05, 0) is 0 Å². The molecule has 1 aliphatic heterocycles. The third-order valence-electron chi connectivity index (χ3n) is 2.74. The second-order valence-electron chi connectivity index (χ2n) is 4.08. The Kier molecular flexibility index (Phi) is 6.76. The fraction of sp³-hybridized carbons (Fsp3) is 0.900. The minimum Gasteiger partial charge on any atom is -0.388 e. The summed E-state index contributed by atoms with van der Waals surface area (Å²) in [6, 6.07) is -0.467. The molecule has 0 aromatic rings. The lowest BCUT2D eigenvalue weighted by Gasteiger charge is -2.39. The fourth-order valence-corrected chi connectivity index (χ4v) is 1.79. The minimum absolute atomic E-state index is 0.0427. The Hall–Kier alpha value is -0.640. The summed E-state index contributed by atoms with van der Waals surface area (Å²) < 4.78 is 10.1. The van der Waals surface area contributed by atoms with E-state index in [2.05, 4.69) is 10.6 Å². The van der Waals surface area contributed by atoms with Crippen molar-refractivity contribution in [1.29, 1.82) is 0 Å². The van der Waals surface area contributed by atoms with Crippen molar-refractivity contribution in [3.8, 4) is 0 Å². The van der Waals surface area contributed by atoms with Gasteiger partial charge in [-0.3, -0.25) is 0 Å². The van der Waals surface area contributed by atoms with Crippen LogP contribution in [-0.2, 0) is 9.47 Å². The maximum atomic E-state index is 11.3. The van der Waals surface area contributed by atoms with E-state index in [1.165, 1.54) is 7.11 Å². The van der Waals surface area contributed by atoms with Crippen molar-refractivity contribution in [2.75, 3.05) is 26.1 Å². The van der Waals surface area contributed by atoms with Crippen LogP contribution >= 0.6 is 11.6 Å². The van der Waals surface area contributed by atoms with Gasteiger partial charge in [-0.2, -0.15) is 0 Å². The first-order valence-electron chi connectivity index (χ1n) is 5.81. The molecule has 1 heterocycles. The van der Waals surface area contributed by atoms with E-state index in [4.69, 9.17) is 21.1 Å². The molecular weight excluding hydrogens is 280 g/mol.